The van der Waals surface area contributed by atoms with Gasteiger partial charge in [0.05, 0.1) is 7.11 Å². The molecule has 0 bridgehead atoms. The van der Waals surface area contributed by atoms with Crippen LogP contribution >= 0.6 is 0 Å². The molecule has 0 saturated carbocycles. The quantitative estimate of drug-likeness (QED) is 0.540. The van der Waals surface area contributed by atoms with Crippen LogP contribution in [0, 0.1) is 5.41 Å². The Balaban J connectivity index is 1.80. The van der Waals surface area contributed by atoms with Crippen LogP contribution in [0.5, 0.6) is 0 Å². The number of esters is 1. The molecular weight excluding hydrogens is 220 g/mol. The van der Waals surface area contributed by atoms with E-state index in [4.69, 9.17) is 0 Å². The van der Waals surface area contributed by atoms with Crippen LogP contribution in [0.3, 0.4) is 0 Å². The lowest BCUT2D eigenvalue weighted by molar-refractivity contribution is -0.140. The van der Waals surface area contributed by atoms with Crippen LogP contribution in [0.2, 0.25) is 0 Å². The summed E-state index contributed by atoms with van der Waals surface area (Å²) in [6, 6.07) is 0. The molecule has 17 heavy (non-hydrogen) atoms. The zero-order valence-corrected chi connectivity index (χ0v) is 10.1. The lowest BCUT2D eigenvalue weighted by Crippen LogP contribution is -2.61. The molecule has 0 aliphatic carbocycles. The van der Waals surface area contributed by atoms with Gasteiger partial charge in [0.1, 0.15) is 0 Å². The maximum absolute atomic E-state index is 11.7. The molecule has 0 radical (unpaired) electrons. The van der Waals surface area contributed by atoms with Crippen molar-refractivity contribution in [3.05, 3.63) is 12.2 Å². The Labute approximate surface area is 101 Å². The van der Waals surface area contributed by atoms with Crippen molar-refractivity contribution in [2.45, 2.75) is 12.8 Å². The topological polar surface area (TPSA) is 58.6 Å². The summed E-state index contributed by atoms with van der Waals surface area (Å²) in [4.78, 5) is 24.3. The summed E-state index contributed by atoms with van der Waals surface area (Å²) in [7, 11) is 1.30. The molecule has 2 aliphatic heterocycles. The van der Waals surface area contributed by atoms with Crippen molar-refractivity contribution >= 4 is 11.9 Å². The Hall–Kier alpha value is -1.36. The highest BCUT2D eigenvalue weighted by atomic mass is 16.5. The van der Waals surface area contributed by atoms with Gasteiger partial charge < -0.3 is 15.0 Å². The number of nitrogens with one attached hydrogen (secondary N) is 1. The van der Waals surface area contributed by atoms with E-state index >= 15 is 0 Å². The minimum atomic E-state index is -0.490. The number of ether oxygens (including phenoxy) is 1. The highest BCUT2D eigenvalue weighted by Crippen LogP contribution is 2.38. The van der Waals surface area contributed by atoms with Crippen molar-refractivity contribution < 1.29 is 14.3 Å². The van der Waals surface area contributed by atoms with Crippen LogP contribution in [0.25, 0.3) is 0 Å². The van der Waals surface area contributed by atoms with Gasteiger partial charge >= 0.3 is 5.97 Å². The number of rotatable bonds is 2. The normalized spacial score (nSPS) is 22.5. The largest absolute Gasteiger partial charge is 0.466 e. The average molecular weight is 238 g/mol. The second-order valence-corrected chi connectivity index (χ2v) is 4.80. The van der Waals surface area contributed by atoms with Crippen LogP contribution in [0.1, 0.15) is 12.8 Å². The number of amides is 1. The minimum absolute atomic E-state index is 0.0976. The van der Waals surface area contributed by atoms with Crippen LogP contribution in [0.4, 0.5) is 0 Å². The zero-order chi connectivity index (χ0) is 12.3. The van der Waals surface area contributed by atoms with E-state index in [1.54, 1.807) is 4.90 Å². The van der Waals surface area contributed by atoms with Gasteiger partial charge in [-0.3, -0.25) is 4.79 Å². The first-order valence-electron chi connectivity index (χ1n) is 5.91. The van der Waals surface area contributed by atoms with Gasteiger partial charge in [-0.1, -0.05) is 0 Å². The van der Waals surface area contributed by atoms with Gasteiger partial charge in [-0.15, -0.1) is 0 Å². The second kappa shape index (κ2) is 4.87. The third kappa shape index (κ3) is 2.66. The van der Waals surface area contributed by atoms with E-state index < -0.39 is 5.97 Å². The van der Waals surface area contributed by atoms with E-state index in [9.17, 15) is 9.59 Å². The molecule has 0 aromatic heterocycles. The van der Waals surface area contributed by atoms with Crippen molar-refractivity contribution in [2.24, 2.45) is 5.41 Å². The summed E-state index contributed by atoms with van der Waals surface area (Å²) in [5.74, 6) is -0.588. The molecule has 1 N–H and O–H groups in total. The fraction of sp³-hybridized carbons (Fsp3) is 0.667. The van der Waals surface area contributed by atoms with Crippen molar-refractivity contribution in [3.8, 4) is 0 Å². The number of hydrogen-bond acceptors (Lipinski definition) is 4. The van der Waals surface area contributed by atoms with Gasteiger partial charge in [0.25, 0.3) is 0 Å². The molecule has 0 atom stereocenters. The van der Waals surface area contributed by atoms with Crippen LogP contribution in [-0.2, 0) is 14.3 Å². The number of methoxy groups -OCH3 is 1. The van der Waals surface area contributed by atoms with Crippen molar-refractivity contribution in [3.63, 3.8) is 0 Å². The van der Waals surface area contributed by atoms with Crippen molar-refractivity contribution in [1.29, 1.82) is 0 Å². The molecule has 0 aromatic rings. The number of piperidine rings is 1. The number of carbonyl (C=O) groups excluding carboxylic acids is 2. The second-order valence-electron chi connectivity index (χ2n) is 4.80. The van der Waals surface area contributed by atoms with Gasteiger partial charge in [-0.2, -0.15) is 0 Å². The molecule has 5 nitrogen and oxygen atoms in total. The van der Waals surface area contributed by atoms with E-state index in [1.165, 1.54) is 19.3 Å². The maximum atomic E-state index is 11.7. The van der Waals surface area contributed by atoms with Crippen LogP contribution in [0.15, 0.2) is 12.2 Å². The highest BCUT2D eigenvalue weighted by molar-refractivity contribution is 5.94. The Kier molecular flexibility index (Phi) is 3.47. The summed E-state index contributed by atoms with van der Waals surface area (Å²) >= 11 is 0. The smallest absolute Gasteiger partial charge is 0.330 e. The first-order valence-corrected chi connectivity index (χ1v) is 5.91. The standard InChI is InChI=1S/C12H18N2O3/c1-17-11(16)3-2-10(15)14-8-12(9-14)4-6-13-7-5-12/h2-3,13H,4-9H2,1H3/b3-2+. The Bertz CT molecular complexity index is 338. The average Bonchev–Trinajstić information content (AvgIpc) is 2.33. The summed E-state index contributed by atoms with van der Waals surface area (Å²) in [6.45, 7) is 3.72. The molecule has 1 spiro atoms. The predicted octanol–water partition coefficient (Wildman–Crippen LogP) is -0.0724. The van der Waals surface area contributed by atoms with Gasteiger partial charge in [-0.25, -0.2) is 4.79 Å². The molecular formula is C12H18N2O3. The number of nitrogens with zero attached hydrogens (tertiary/aromatic N) is 1. The van der Waals surface area contributed by atoms with E-state index in [-0.39, 0.29) is 5.91 Å². The van der Waals surface area contributed by atoms with E-state index in [0.29, 0.717) is 5.41 Å². The molecule has 2 fully saturated rings. The van der Waals surface area contributed by atoms with Gasteiger partial charge in [0.2, 0.25) is 5.91 Å². The lowest BCUT2D eigenvalue weighted by atomic mass is 9.72. The van der Waals surface area contributed by atoms with Crippen molar-refractivity contribution in [1.82, 2.24) is 10.2 Å². The van der Waals surface area contributed by atoms with Gasteiger partial charge in [0, 0.05) is 30.7 Å². The number of hydrogen-bond donors (Lipinski definition) is 1. The fourth-order valence-corrected chi connectivity index (χ4v) is 2.51. The summed E-state index contributed by atoms with van der Waals surface area (Å²) in [6.07, 6.45) is 4.74. The monoisotopic (exact) mass is 238 g/mol. The Morgan fingerprint density at radius 2 is 1.88 bits per heavy atom. The van der Waals surface area contributed by atoms with Gasteiger partial charge in [0.15, 0.2) is 0 Å². The zero-order valence-electron chi connectivity index (χ0n) is 10.1. The molecule has 2 heterocycles. The molecule has 2 rings (SSSR count). The summed E-state index contributed by atoms with van der Waals surface area (Å²) < 4.78 is 4.44. The molecule has 2 aliphatic rings. The predicted molar refractivity (Wildman–Crippen MR) is 62.3 cm³/mol. The van der Waals surface area contributed by atoms with Gasteiger partial charge in [-0.05, 0) is 25.9 Å². The first-order chi connectivity index (χ1) is 8.15. The minimum Gasteiger partial charge on any atom is -0.466 e. The number of carbonyl (C=O) groups is 2. The molecule has 5 heteroatoms. The number of likely N-dealkylation sites (tertiary alicyclic amines) is 1. The third-order valence-electron chi connectivity index (χ3n) is 3.59. The SMILES string of the molecule is COC(=O)/C=C/C(=O)N1CC2(CCNCC2)C1. The molecule has 0 aromatic carbocycles. The van der Waals surface area contributed by atoms with E-state index in [0.717, 1.165) is 39.0 Å². The molecule has 0 unspecified atom stereocenters. The van der Waals surface area contributed by atoms with Crippen molar-refractivity contribution in [2.75, 3.05) is 33.3 Å². The van der Waals surface area contributed by atoms with Crippen LogP contribution < -0.4 is 5.32 Å². The lowest BCUT2D eigenvalue weighted by Gasteiger charge is -2.52. The van der Waals surface area contributed by atoms with E-state index in [1.807, 2.05) is 0 Å². The summed E-state index contributed by atoms with van der Waals surface area (Å²) in [5.41, 5.74) is 0.333. The van der Waals surface area contributed by atoms with Crippen LogP contribution in [-0.4, -0.2) is 50.1 Å². The maximum Gasteiger partial charge on any atom is 0.330 e. The first kappa shape index (κ1) is 12.1. The van der Waals surface area contributed by atoms with E-state index in [2.05, 4.69) is 10.1 Å². The highest BCUT2D eigenvalue weighted by Gasteiger charge is 2.44. The molecule has 2 saturated heterocycles. The molecule has 1 amide bonds. The Morgan fingerprint density at radius 1 is 1.24 bits per heavy atom. The third-order valence-corrected chi connectivity index (χ3v) is 3.59. The summed E-state index contributed by atoms with van der Waals surface area (Å²) in [5, 5.41) is 3.32. The Morgan fingerprint density at radius 3 is 2.47 bits per heavy atom. The fourth-order valence-electron chi connectivity index (χ4n) is 2.51. The molecule has 94 valence electrons.